The fourth-order valence-electron chi connectivity index (χ4n) is 3.69. The van der Waals surface area contributed by atoms with Crippen LogP contribution >= 0.6 is 11.3 Å². The van der Waals surface area contributed by atoms with E-state index >= 15 is 0 Å². The molecule has 11 heteroatoms. The Labute approximate surface area is 172 Å². The first-order valence-corrected chi connectivity index (χ1v) is 10.4. The summed E-state index contributed by atoms with van der Waals surface area (Å²) < 4.78 is 29.5. The highest BCUT2D eigenvalue weighted by Crippen LogP contribution is 2.44. The zero-order valence-electron chi connectivity index (χ0n) is 16.7. The molecule has 4 rings (SSSR count). The van der Waals surface area contributed by atoms with Crippen molar-refractivity contribution >= 4 is 28.3 Å². The Bertz CT molecular complexity index is 770. The van der Waals surface area contributed by atoms with Crippen LogP contribution in [0, 0.1) is 0 Å². The van der Waals surface area contributed by atoms with Crippen molar-refractivity contribution in [2.45, 2.75) is 76.4 Å². The number of thiazole rings is 1. The molecule has 0 spiro atoms. The summed E-state index contributed by atoms with van der Waals surface area (Å²) in [5.41, 5.74) is 0. The third-order valence-corrected chi connectivity index (χ3v) is 5.43. The normalized spacial score (nSPS) is 34.3. The lowest BCUT2D eigenvalue weighted by Crippen LogP contribution is -2.59. The molecule has 160 valence electrons. The third-order valence-electron chi connectivity index (χ3n) is 4.74. The zero-order chi connectivity index (χ0) is 20.8. The van der Waals surface area contributed by atoms with Crippen molar-refractivity contribution in [3.05, 3.63) is 11.6 Å². The van der Waals surface area contributed by atoms with Crippen molar-refractivity contribution in [1.82, 2.24) is 10.3 Å². The molecule has 10 nitrogen and oxygen atoms in total. The highest BCUT2D eigenvalue weighted by Gasteiger charge is 2.62. The molecule has 5 atom stereocenters. The van der Waals surface area contributed by atoms with E-state index in [2.05, 4.69) is 15.6 Å². The van der Waals surface area contributed by atoms with Crippen LogP contribution in [-0.2, 0) is 33.3 Å². The number of nitrogens with one attached hydrogen (secondary N) is 2. The molecule has 29 heavy (non-hydrogen) atoms. The molecule has 4 heterocycles. The number of ether oxygens (including phenoxy) is 5. The summed E-state index contributed by atoms with van der Waals surface area (Å²) in [6, 6.07) is 0. The largest absolute Gasteiger partial charge is 0.353 e. The van der Waals surface area contributed by atoms with Crippen LogP contribution in [0.5, 0.6) is 0 Å². The number of hydrogen-bond donors (Lipinski definition) is 2. The second-order valence-corrected chi connectivity index (χ2v) is 8.91. The van der Waals surface area contributed by atoms with E-state index in [0.29, 0.717) is 5.13 Å². The van der Waals surface area contributed by atoms with Crippen molar-refractivity contribution in [2.75, 3.05) is 11.9 Å². The van der Waals surface area contributed by atoms with Crippen LogP contribution in [0.25, 0.3) is 0 Å². The summed E-state index contributed by atoms with van der Waals surface area (Å²) in [5.74, 6) is -2.36. The first-order valence-electron chi connectivity index (χ1n) is 9.47. The SMILES string of the molecule is CC1(C)O[C@H]2[C@@H](O1)[C@@H](C(=O)NCCC(=O)Nc1nccs1)O[C@H]1OC(C)(C)O[C@@H]12. The first-order chi connectivity index (χ1) is 13.6. The molecule has 3 aliphatic heterocycles. The zero-order valence-corrected chi connectivity index (χ0v) is 17.5. The molecule has 2 N–H and O–H groups in total. The summed E-state index contributed by atoms with van der Waals surface area (Å²) in [5, 5.41) is 7.68. The van der Waals surface area contributed by atoms with Gasteiger partial charge in [-0.1, -0.05) is 0 Å². The second kappa shape index (κ2) is 7.56. The van der Waals surface area contributed by atoms with Crippen LogP contribution < -0.4 is 10.6 Å². The summed E-state index contributed by atoms with van der Waals surface area (Å²) in [6.45, 7) is 7.26. The molecule has 0 radical (unpaired) electrons. The van der Waals surface area contributed by atoms with E-state index in [1.807, 2.05) is 0 Å². The van der Waals surface area contributed by atoms with Crippen LogP contribution in [0.1, 0.15) is 34.1 Å². The lowest BCUT2D eigenvalue weighted by molar-refractivity contribution is -0.231. The fraction of sp³-hybridized carbons (Fsp3) is 0.722. The molecule has 3 aliphatic rings. The summed E-state index contributed by atoms with van der Waals surface area (Å²) >= 11 is 1.33. The van der Waals surface area contributed by atoms with Crippen molar-refractivity contribution in [3.63, 3.8) is 0 Å². The molecule has 2 amide bonds. The van der Waals surface area contributed by atoms with Gasteiger partial charge in [-0.3, -0.25) is 9.59 Å². The standard InChI is InChI=1S/C18H25N3O7S/c1-17(2)25-10-11(26-17)13-15(28-18(3,4)27-13)24-12(10)14(23)19-6-5-9(22)21-16-20-7-8-29-16/h7-8,10-13,15H,5-6H2,1-4H3,(H,19,23)(H,20,21,22)/t10-,11+,12+,13-,15+/m1/s1. The van der Waals surface area contributed by atoms with Gasteiger partial charge in [0, 0.05) is 24.5 Å². The Balaban J connectivity index is 1.36. The number of aromatic nitrogens is 1. The van der Waals surface area contributed by atoms with Crippen LogP contribution in [-0.4, -0.2) is 65.6 Å². The van der Waals surface area contributed by atoms with Crippen LogP contribution in [0.4, 0.5) is 5.13 Å². The molecule has 0 bridgehead atoms. The molecule has 3 saturated heterocycles. The topological polar surface area (TPSA) is 117 Å². The van der Waals surface area contributed by atoms with E-state index in [0.717, 1.165) is 0 Å². The summed E-state index contributed by atoms with van der Waals surface area (Å²) in [4.78, 5) is 28.7. The number of hydrogen-bond acceptors (Lipinski definition) is 9. The van der Waals surface area contributed by atoms with Gasteiger partial charge in [0.1, 0.15) is 18.3 Å². The Morgan fingerprint density at radius 3 is 2.48 bits per heavy atom. The Kier molecular flexibility index (Phi) is 5.38. The van der Waals surface area contributed by atoms with Gasteiger partial charge >= 0.3 is 0 Å². The number of anilines is 1. The minimum absolute atomic E-state index is 0.105. The minimum atomic E-state index is -0.942. The average Bonchev–Trinajstić information content (AvgIpc) is 3.29. The Morgan fingerprint density at radius 2 is 1.76 bits per heavy atom. The summed E-state index contributed by atoms with van der Waals surface area (Å²) in [6.07, 6.45) is -1.62. The third kappa shape index (κ3) is 4.44. The van der Waals surface area contributed by atoms with Crippen LogP contribution in [0.3, 0.4) is 0 Å². The average molecular weight is 427 g/mol. The monoisotopic (exact) mass is 427 g/mol. The number of fused-ring (bicyclic) bond motifs is 3. The Morgan fingerprint density at radius 1 is 1.07 bits per heavy atom. The quantitative estimate of drug-likeness (QED) is 0.714. The minimum Gasteiger partial charge on any atom is -0.353 e. The van der Waals surface area contributed by atoms with Crippen LogP contribution in [0.2, 0.25) is 0 Å². The fourth-order valence-corrected chi connectivity index (χ4v) is 4.24. The highest BCUT2D eigenvalue weighted by atomic mass is 32.1. The number of rotatable bonds is 5. The lowest BCUT2D eigenvalue weighted by atomic mass is 9.98. The number of amides is 2. The van der Waals surface area contributed by atoms with Gasteiger partial charge in [0.05, 0.1) is 0 Å². The van der Waals surface area contributed by atoms with Crippen molar-refractivity contribution in [2.24, 2.45) is 0 Å². The molecular weight excluding hydrogens is 402 g/mol. The van der Waals surface area contributed by atoms with Gasteiger partial charge in [-0.2, -0.15) is 0 Å². The van der Waals surface area contributed by atoms with E-state index in [4.69, 9.17) is 23.7 Å². The molecule has 0 aliphatic carbocycles. The van der Waals surface area contributed by atoms with Gasteiger partial charge in [-0.25, -0.2) is 4.98 Å². The lowest BCUT2D eigenvalue weighted by Gasteiger charge is -2.36. The van der Waals surface area contributed by atoms with Crippen molar-refractivity contribution < 1.29 is 33.3 Å². The molecule has 1 aromatic heterocycles. The van der Waals surface area contributed by atoms with Gasteiger partial charge < -0.3 is 34.3 Å². The smallest absolute Gasteiger partial charge is 0.252 e. The van der Waals surface area contributed by atoms with E-state index in [1.165, 1.54) is 11.3 Å². The molecule has 3 fully saturated rings. The molecular formula is C18H25N3O7S. The van der Waals surface area contributed by atoms with Gasteiger partial charge in [0.15, 0.2) is 29.1 Å². The summed E-state index contributed by atoms with van der Waals surface area (Å²) in [7, 11) is 0. The Hall–Kier alpha value is -1.63. The second-order valence-electron chi connectivity index (χ2n) is 8.02. The molecule has 1 aromatic rings. The first kappa shape index (κ1) is 20.6. The maximum Gasteiger partial charge on any atom is 0.252 e. The molecule has 0 unspecified atom stereocenters. The highest BCUT2D eigenvalue weighted by molar-refractivity contribution is 7.13. The number of carbonyl (C=O) groups excluding carboxylic acids is 2. The predicted octanol–water partition coefficient (Wildman–Crippen LogP) is 0.984. The molecule has 0 saturated carbocycles. The van der Waals surface area contributed by atoms with Crippen LogP contribution in [0.15, 0.2) is 11.6 Å². The van der Waals surface area contributed by atoms with E-state index in [9.17, 15) is 9.59 Å². The van der Waals surface area contributed by atoms with Gasteiger partial charge in [-0.15, -0.1) is 11.3 Å². The van der Waals surface area contributed by atoms with E-state index in [-0.39, 0.29) is 18.9 Å². The van der Waals surface area contributed by atoms with Gasteiger partial charge in [0.2, 0.25) is 5.91 Å². The van der Waals surface area contributed by atoms with E-state index in [1.54, 1.807) is 39.3 Å². The van der Waals surface area contributed by atoms with Crippen molar-refractivity contribution in [3.8, 4) is 0 Å². The maximum atomic E-state index is 12.8. The van der Waals surface area contributed by atoms with Gasteiger partial charge in [-0.05, 0) is 27.7 Å². The van der Waals surface area contributed by atoms with Crippen molar-refractivity contribution in [1.29, 1.82) is 0 Å². The number of carbonyl (C=O) groups is 2. The maximum absolute atomic E-state index is 12.8. The number of nitrogens with zero attached hydrogens (tertiary/aromatic N) is 1. The predicted molar refractivity (Wildman–Crippen MR) is 101 cm³/mol. The van der Waals surface area contributed by atoms with E-state index < -0.39 is 48.2 Å². The van der Waals surface area contributed by atoms with Gasteiger partial charge in [0.25, 0.3) is 5.91 Å². The molecule has 0 aromatic carbocycles.